The van der Waals surface area contributed by atoms with Crippen LogP contribution in [0.25, 0.3) is 0 Å². The highest BCUT2D eigenvalue weighted by Gasteiger charge is 2.40. The van der Waals surface area contributed by atoms with Crippen molar-refractivity contribution in [3.63, 3.8) is 0 Å². The van der Waals surface area contributed by atoms with Crippen LogP contribution in [0.3, 0.4) is 0 Å². The molecule has 2 aliphatic rings. The van der Waals surface area contributed by atoms with Crippen molar-refractivity contribution in [1.82, 2.24) is 4.98 Å². The molecule has 3 heteroatoms. The number of aromatic nitrogens is 1. The van der Waals surface area contributed by atoms with Gasteiger partial charge in [-0.3, -0.25) is 4.98 Å². The SMILES string of the molecule is OC(CC1CC2CCC1C2)c1ccc(F)cn1. The predicted octanol–water partition coefficient (Wildman–Crippen LogP) is 3.08. The van der Waals surface area contributed by atoms with Crippen LogP contribution in [0.1, 0.15) is 43.9 Å². The van der Waals surface area contributed by atoms with Crippen molar-refractivity contribution < 1.29 is 9.50 Å². The van der Waals surface area contributed by atoms with Crippen LogP contribution in [-0.2, 0) is 0 Å². The molecule has 17 heavy (non-hydrogen) atoms. The second-order valence-electron chi connectivity index (χ2n) is 5.59. The Balaban J connectivity index is 1.63. The Morgan fingerprint density at radius 1 is 1.35 bits per heavy atom. The third kappa shape index (κ3) is 2.21. The highest BCUT2D eigenvalue weighted by atomic mass is 19.1. The molecule has 2 aliphatic carbocycles. The molecule has 0 saturated heterocycles. The van der Waals surface area contributed by atoms with Crippen molar-refractivity contribution in [2.24, 2.45) is 17.8 Å². The average molecular weight is 235 g/mol. The first-order chi connectivity index (χ1) is 8.22. The minimum absolute atomic E-state index is 0.346. The molecule has 4 unspecified atom stereocenters. The Morgan fingerprint density at radius 2 is 2.24 bits per heavy atom. The van der Waals surface area contributed by atoms with Crippen LogP contribution in [0.4, 0.5) is 4.39 Å². The van der Waals surface area contributed by atoms with Gasteiger partial charge in [0.25, 0.3) is 0 Å². The van der Waals surface area contributed by atoms with E-state index in [0.29, 0.717) is 11.6 Å². The Labute approximate surface area is 101 Å². The number of aliphatic hydroxyl groups is 1. The fourth-order valence-corrected chi connectivity index (χ4v) is 3.66. The molecule has 0 aromatic carbocycles. The van der Waals surface area contributed by atoms with E-state index in [1.165, 1.54) is 37.9 Å². The van der Waals surface area contributed by atoms with Crippen molar-refractivity contribution in [3.8, 4) is 0 Å². The maximum atomic E-state index is 12.7. The number of aliphatic hydroxyl groups excluding tert-OH is 1. The van der Waals surface area contributed by atoms with Crippen molar-refractivity contribution in [3.05, 3.63) is 29.8 Å². The van der Waals surface area contributed by atoms with E-state index in [9.17, 15) is 9.50 Å². The van der Waals surface area contributed by atoms with E-state index < -0.39 is 6.10 Å². The normalized spacial score (nSPS) is 32.9. The smallest absolute Gasteiger partial charge is 0.141 e. The zero-order valence-electron chi connectivity index (χ0n) is 9.85. The molecule has 4 atom stereocenters. The lowest BCUT2D eigenvalue weighted by Crippen LogP contribution is -2.14. The molecule has 1 aromatic rings. The Bertz CT molecular complexity index is 392. The molecule has 3 rings (SSSR count). The second-order valence-corrected chi connectivity index (χ2v) is 5.59. The lowest BCUT2D eigenvalue weighted by atomic mass is 9.84. The number of hydrogen-bond donors (Lipinski definition) is 1. The molecule has 0 spiro atoms. The first kappa shape index (κ1) is 11.1. The highest BCUT2D eigenvalue weighted by molar-refractivity contribution is 5.08. The fourth-order valence-electron chi connectivity index (χ4n) is 3.66. The lowest BCUT2D eigenvalue weighted by Gasteiger charge is -2.23. The molecule has 0 radical (unpaired) electrons. The molecule has 2 bridgehead atoms. The maximum absolute atomic E-state index is 12.7. The van der Waals surface area contributed by atoms with Gasteiger partial charge in [-0.15, -0.1) is 0 Å². The predicted molar refractivity (Wildman–Crippen MR) is 62.7 cm³/mol. The van der Waals surface area contributed by atoms with Crippen LogP contribution in [0.5, 0.6) is 0 Å². The van der Waals surface area contributed by atoms with Gasteiger partial charge in [0.2, 0.25) is 0 Å². The van der Waals surface area contributed by atoms with Gasteiger partial charge in [0.05, 0.1) is 18.0 Å². The van der Waals surface area contributed by atoms with Crippen LogP contribution >= 0.6 is 0 Å². The number of rotatable bonds is 3. The van der Waals surface area contributed by atoms with Crippen molar-refractivity contribution in [2.45, 2.75) is 38.2 Å². The number of hydrogen-bond acceptors (Lipinski definition) is 2. The van der Waals surface area contributed by atoms with Gasteiger partial charge in [-0.2, -0.15) is 0 Å². The molecule has 0 amide bonds. The van der Waals surface area contributed by atoms with Gasteiger partial charge in [-0.05, 0) is 55.6 Å². The molecule has 92 valence electrons. The maximum Gasteiger partial charge on any atom is 0.141 e. The highest BCUT2D eigenvalue weighted by Crippen LogP contribution is 2.50. The summed E-state index contributed by atoms with van der Waals surface area (Å²) in [6, 6.07) is 2.96. The third-order valence-corrected chi connectivity index (χ3v) is 4.50. The topological polar surface area (TPSA) is 33.1 Å². The van der Waals surface area contributed by atoms with Crippen LogP contribution in [0.15, 0.2) is 18.3 Å². The molecule has 2 nitrogen and oxygen atoms in total. The summed E-state index contributed by atoms with van der Waals surface area (Å²) in [5, 5.41) is 10.1. The summed E-state index contributed by atoms with van der Waals surface area (Å²) < 4.78 is 12.7. The van der Waals surface area contributed by atoms with Crippen molar-refractivity contribution in [2.75, 3.05) is 0 Å². The molecule has 0 aliphatic heterocycles. The minimum Gasteiger partial charge on any atom is -0.387 e. The minimum atomic E-state index is -0.528. The molecule has 1 aromatic heterocycles. The first-order valence-electron chi connectivity index (χ1n) is 6.52. The van der Waals surface area contributed by atoms with Gasteiger partial charge in [0.15, 0.2) is 0 Å². The summed E-state index contributed by atoms with van der Waals surface area (Å²) in [6.45, 7) is 0. The van der Waals surface area contributed by atoms with E-state index in [-0.39, 0.29) is 5.82 Å². The molecule has 1 N–H and O–H groups in total. The number of nitrogens with zero attached hydrogens (tertiary/aromatic N) is 1. The van der Waals surface area contributed by atoms with Crippen LogP contribution in [-0.4, -0.2) is 10.1 Å². The van der Waals surface area contributed by atoms with Gasteiger partial charge in [0, 0.05) is 0 Å². The summed E-state index contributed by atoms with van der Waals surface area (Å²) in [7, 11) is 0. The van der Waals surface area contributed by atoms with Gasteiger partial charge in [-0.1, -0.05) is 6.42 Å². The van der Waals surface area contributed by atoms with Gasteiger partial charge in [0.1, 0.15) is 5.82 Å². The number of pyridine rings is 1. The van der Waals surface area contributed by atoms with E-state index in [0.717, 1.165) is 18.3 Å². The van der Waals surface area contributed by atoms with Gasteiger partial charge in [-0.25, -0.2) is 4.39 Å². The fraction of sp³-hybridized carbons (Fsp3) is 0.643. The zero-order valence-corrected chi connectivity index (χ0v) is 9.85. The van der Waals surface area contributed by atoms with E-state index in [1.54, 1.807) is 6.07 Å². The largest absolute Gasteiger partial charge is 0.387 e. The molecule has 2 fully saturated rings. The summed E-state index contributed by atoms with van der Waals surface area (Å²) in [5.41, 5.74) is 0.606. The zero-order chi connectivity index (χ0) is 11.8. The quantitative estimate of drug-likeness (QED) is 0.873. The standard InChI is InChI=1S/C14H18FNO/c15-12-3-4-13(16-8-12)14(17)7-11-6-9-1-2-10(11)5-9/h3-4,8-11,14,17H,1-2,5-7H2. The molecular formula is C14H18FNO. The Morgan fingerprint density at radius 3 is 2.82 bits per heavy atom. The van der Waals surface area contributed by atoms with E-state index >= 15 is 0 Å². The van der Waals surface area contributed by atoms with E-state index in [1.807, 2.05) is 0 Å². The van der Waals surface area contributed by atoms with E-state index in [2.05, 4.69) is 4.98 Å². The first-order valence-corrected chi connectivity index (χ1v) is 6.52. The molecule has 2 saturated carbocycles. The summed E-state index contributed by atoms with van der Waals surface area (Å²) in [4.78, 5) is 3.96. The Kier molecular flexibility index (Phi) is 2.87. The summed E-state index contributed by atoms with van der Waals surface area (Å²) in [5.74, 6) is 2.02. The average Bonchev–Trinajstić information content (AvgIpc) is 2.91. The molecule has 1 heterocycles. The monoisotopic (exact) mass is 235 g/mol. The van der Waals surface area contributed by atoms with Gasteiger partial charge >= 0.3 is 0 Å². The van der Waals surface area contributed by atoms with Crippen LogP contribution in [0.2, 0.25) is 0 Å². The molecular weight excluding hydrogens is 217 g/mol. The third-order valence-electron chi connectivity index (χ3n) is 4.50. The summed E-state index contributed by atoms with van der Waals surface area (Å²) >= 11 is 0. The Hall–Kier alpha value is -0.960. The van der Waals surface area contributed by atoms with Crippen LogP contribution < -0.4 is 0 Å². The van der Waals surface area contributed by atoms with E-state index in [4.69, 9.17) is 0 Å². The van der Waals surface area contributed by atoms with Crippen molar-refractivity contribution in [1.29, 1.82) is 0 Å². The van der Waals surface area contributed by atoms with Crippen LogP contribution in [0, 0.1) is 23.6 Å². The van der Waals surface area contributed by atoms with Gasteiger partial charge < -0.3 is 5.11 Å². The number of halogens is 1. The second kappa shape index (κ2) is 4.37. The number of fused-ring (bicyclic) bond motifs is 2. The van der Waals surface area contributed by atoms with Crippen molar-refractivity contribution >= 4 is 0 Å². The summed E-state index contributed by atoms with van der Waals surface area (Å²) in [6.07, 6.45) is 6.78. The lowest BCUT2D eigenvalue weighted by molar-refractivity contribution is 0.122.